The summed E-state index contributed by atoms with van der Waals surface area (Å²) in [6, 6.07) is 66.9. The zero-order valence-electron chi connectivity index (χ0n) is 48.6. The van der Waals surface area contributed by atoms with E-state index >= 15 is 0 Å². The number of anilines is 6. The highest BCUT2D eigenvalue weighted by atomic mass is 28.3. The van der Waals surface area contributed by atoms with Crippen molar-refractivity contribution in [2.75, 3.05) is 9.80 Å². The van der Waals surface area contributed by atoms with E-state index in [1.165, 1.54) is 20.7 Å². The molecule has 0 saturated carbocycles. The van der Waals surface area contributed by atoms with Crippen molar-refractivity contribution in [1.82, 2.24) is 0 Å². The molecule has 11 aromatic carbocycles. The SMILES string of the molecule is [2H]c1c([2H])c([2H])c(-c2cccc(-c3ccccc3)c2N2c3cc(C)cc4c3B3c5c2cccc5[Si](c2ccccc2)(c2ccccc2)c2cccc(c23)N4c2c(-c3ccccc3)cccc2-c2c([2H])c([2H])c([2H])c([2H])c2[2H])c([2H])c1[2H]. The van der Waals surface area contributed by atoms with Crippen LogP contribution in [-0.2, 0) is 0 Å². The van der Waals surface area contributed by atoms with Gasteiger partial charge in [-0.2, -0.15) is 0 Å². The predicted octanol–water partition coefficient (Wildman–Crippen LogP) is 12.4. The number of hydrogen-bond donors (Lipinski definition) is 0. The van der Waals surface area contributed by atoms with Crippen LogP contribution >= 0.6 is 0 Å². The third-order valence-corrected chi connectivity index (χ3v) is 19.6. The summed E-state index contributed by atoms with van der Waals surface area (Å²) in [7, 11) is -3.43. The first-order chi connectivity index (χ1) is 39.3. The van der Waals surface area contributed by atoms with Crippen LogP contribution in [0.15, 0.2) is 267 Å². The second-order valence-electron chi connectivity index (χ2n) is 18.4. The fraction of sp³-hybridized carbons (Fsp3) is 0.0149. The molecule has 11 aromatic rings. The van der Waals surface area contributed by atoms with Gasteiger partial charge in [-0.3, -0.25) is 0 Å². The van der Waals surface area contributed by atoms with E-state index in [9.17, 15) is 5.48 Å². The highest BCUT2D eigenvalue weighted by molar-refractivity contribution is 7.27. The third-order valence-electron chi connectivity index (χ3n) is 14.7. The molecular weight excluding hydrogens is 872 g/mol. The first kappa shape index (κ1) is 32.2. The summed E-state index contributed by atoms with van der Waals surface area (Å²) >= 11 is 0. The van der Waals surface area contributed by atoms with E-state index in [2.05, 4.69) is 126 Å². The number of nitrogens with zero attached hydrogens (tertiary/aromatic N) is 2. The molecule has 0 aromatic heterocycles. The number of para-hydroxylation sites is 2. The van der Waals surface area contributed by atoms with Crippen LogP contribution in [-0.4, -0.2) is 14.8 Å². The van der Waals surface area contributed by atoms with E-state index in [1.54, 1.807) is 0 Å². The Hall–Kier alpha value is -8.70. The van der Waals surface area contributed by atoms with Crippen LogP contribution in [0.25, 0.3) is 44.5 Å². The topological polar surface area (TPSA) is 6.48 Å². The Kier molecular flexibility index (Phi) is 7.47. The van der Waals surface area contributed by atoms with Gasteiger partial charge in [-0.05, 0) is 96.1 Å². The molecule has 0 aliphatic carbocycles. The molecule has 0 unspecified atom stereocenters. The summed E-state index contributed by atoms with van der Waals surface area (Å²) in [5.74, 6) is 0. The van der Waals surface area contributed by atoms with Gasteiger partial charge in [0.25, 0.3) is 6.71 Å². The fourth-order valence-electron chi connectivity index (χ4n) is 12.1. The van der Waals surface area contributed by atoms with Crippen LogP contribution in [0.5, 0.6) is 0 Å². The second-order valence-corrected chi connectivity index (χ2v) is 22.1. The molecule has 4 heteroatoms. The summed E-state index contributed by atoms with van der Waals surface area (Å²) in [5.41, 5.74) is 13.1. The molecular formula is C67H47BN2Si. The monoisotopic (exact) mass is 928 g/mol. The van der Waals surface area contributed by atoms with Crippen molar-refractivity contribution >= 4 is 86.0 Å². The molecule has 0 spiro atoms. The molecule has 0 saturated heterocycles. The lowest BCUT2D eigenvalue weighted by Crippen LogP contribution is -2.88. The molecule has 3 aliphatic heterocycles. The Balaban J connectivity index is 1.21. The molecule has 332 valence electrons. The van der Waals surface area contributed by atoms with Crippen LogP contribution in [0.1, 0.15) is 19.3 Å². The van der Waals surface area contributed by atoms with Crippen LogP contribution < -0.4 is 46.9 Å². The summed E-state index contributed by atoms with van der Waals surface area (Å²) in [5, 5.41) is 4.72. The van der Waals surface area contributed by atoms with Crippen LogP contribution in [0.3, 0.4) is 0 Å². The molecule has 0 N–H and O–H groups in total. The minimum absolute atomic E-state index is 0.0776. The van der Waals surface area contributed by atoms with Gasteiger partial charge < -0.3 is 9.80 Å². The zero-order chi connectivity index (χ0) is 55.7. The molecule has 71 heavy (non-hydrogen) atoms. The molecule has 0 bridgehead atoms. The van der Waals surface area contributed by atoms with Gasteiger partial charge in [0.1, 0.15) is 0 Å². The minimum Gasteiger partial charge on any atom is -0.310 e. The summed E-state index contributed by atoms with van der Waals surface area (Å²) in [6.45, 7) is 1.68. The quantitative estimate of drug-likeness (QED) is 0.140. The van der Waals surface area contributed by atoms with Crippen LogP contribution in [0.4, 0.5) is 34.1 Å². The first-order valence-corrected chi connectivity index (χ1v) is 26.0. The lowest BCUT2D eigenvalue weighted by atomic mass is 9.33. The fourth-order valence-corrected chi connectivity index (χ4v) is 17.4. The predicted molar refractivity (Wildman–Crippen MR) is 304 cm³/mol. The third kappa shape index (κ3) is 6.15. The lowest BCUT2D eigenvalue weighted by Gasteiger charge is -2.52. The number of benzene rings is 11. The van der Waals surface area contributed by atoms with Crippen molar-refractivity contribution in [3.8, 4) is 44.5 Å². The normalized spacial score (nSPS) is 15.4. The Morgan fingerprint density at radius 3 is 1.13 bits per heavy atom. The van der Waals surface area contributed by atoms with Crippen molar-refractivity contribution < 1.29 is 13.7 Å². The molecule has 0 atom stereocenters. The molecule has 0 radical (unpaired) electrons. The number of hydrogen-bond acceptors (Lipinski definition) is 2. The Labute approximate surface area is 431 Å². The average molecular weight is 929 g/mol. The molecule has 3 aliphatic rings. The smallest absolute Gasteiger partial charge is 0.251 e. The number of aryl methyl sites for hydroxylation is 1. The van der Waals surface area contributed by atoms with Gasteiger partial charge in [0.15, 0.2) is 8.07 Å². The average Bonchev–Trinajstić information content (AvgIpc) is 3.51. The zero-order valence-corrected chi connectivity index (χ0v) is 39.6. The van der Waals surface area contributed by atoms with Crippen LogP contribution in [0.2, 0.25) is 0 Å². The maximum Gasteiger partial charge on any atom is 0.251 e. The van der Waals surface area contributed by atoms with Crippen molar-refractivity contribution in [2.24, 2.45) is 0 Å². The van der Waals surface area contributed by atoms with Crippen LogP contribution in [0, 0.1) is 6.92 Å². The second kappa shape index (κ2) is 16.5. The van der Waals surface area contributed by atoms with E-state index in [1.807, 2.05) is 97.1 Å². The molecule has 3 heterocycles. The van der Waals surface area contributed by atoms with Gasteiger partial charge in [-0.1, -0.05) is 242 Å². The largest absolute Gasteiger partial charge is 0.310 e. The van der Waals surface area contributed by atoms with E-state index < -0.39 is 44.3 Å². The van der Waals surface area contributed by atoms with Crippen molar-refractivity contribution in [3.05, 3.63) is 272 Å². The van der Waals surface area contributed by atoms with Gasteiger partial charge in [-0.15, -0.1) is 0 Å². The maximum atomic E-state index is 9.57. The molecule has 2 nitrogen and oxygen atoms in total. The number of rotatable bonds is 8. The molecule has 0 amide bonds. The summed E-state index contributed by atoms with van der Waals surface area (Å²) in [6.07, 6.45) is 0. The highest BCUT2D eigenvalue weighted by Crippen LogP contribution is 2.52. The summed E-state index contributed by atoms with van der Waals surface area (Å²) < 4.78 is 91.8. The molecule has 14 rings (SSSR count). The van der Waals surface area contributed by atoms with E-state index in [4.69, 9.17) is 8.22 Å². The van der Waals surface area contributed by atoms with Gasteiger partial charge in [0.2, 0.25) is 0 Å². The minimum atomic E-state index is -3.43. The maximum absolute atomic E-state index is 9.57. The van der Waals surface area contributed by atoms with Gasteiger partial charge >= 0.3 is 0 Å². The van der Waals surface area contributed by atoms with E-state index in [0.29, 0.717) is 22.5 Å². The highest BCUT2D eigenvalue weighted by Gasteiger charge is 2.56. The van der Waals surface area contributed by atoms with E-state index in [0.717, 1.165) is 67.0 Å². The summed E-state index contributed by atoms with van der Waals surface area (Å²) in [4.78, 5) is 4.57. The Bertz CT molecular complexity index is 4110. The van der Waals surface area contributed by atoms with Gasteiger partial charge in [0, 0.05) is 45.0 Å². The lowest BCUT2D eigenvalue weighted by molar-refractivity contribution is 1.24. The van der Waals surface area contributed by atoms with E-state index in [-0.39, 0.29) is 42.0 Å². The van der Waals surface area contributed by atoms with Crippen molar-refractivity contribution in [1.29, 1.82) is 0 Å². The first-order valence-electron chi connectivity index (χ1n) is 29.0. The van der Waals surface area contributed by atoms with Crippen molar-refractivity contribution in [2.45, 2.75) is 6.92 Å². The Morgan fingerprint density at radius 1 is 0.352 bits per heavy atom. The van der Waals surface area contributed by atoms with Crippen molar-refractivity contribution in [3.63, 3.8) is 0 Å². The van der Waals surface area contributed by atoms with Gasteiger partial charge in [0.05, 0.1) is 25.1 Å². The Morgan fingerprint density at radius 2 is 0.718 bits per heavy atom. The standard InChI is InChI=1S/C67H47BN2Si/c1-46-44-59-63-60(45-46)70(67-55(49-28-12-4-13-29-49)38-21-39-56(67)50-30-14-5-15-31-50)58-41-23-43-62-65(58)68(63)64-57(40-22-42-61(64)71(62,51-32-16-6-17-33-51)52-34-18-7-19-35-52)69(59)66-53(47-24-8-2-9-25-47)36-20-37-54(66)48-26-10-3-11-27-48/h2-45H,1H3/i2D,4D,8D,9D,12D,13D,24D,25D,28D,29D. The van der Waals surface area contributed by atoms with Gasteiger partial charge in [-0.25, -0.2) is 0 Å². The molecule has 0 fully saturated rings.